The molecule has 0 aliphatic carbocycles. The molecular formula is C16H26N2O3. The fraction of sp³-hybridized carbons (Fsp3) is 0.562. The molecule has 0 aliphatic heterocycles. The zero-order chi connectivity index (χ0) is 15.3. The lowest BCUT2D eigenvalue weighted by Gasteiger charge is -2.09. The van der Waals surface area contributed by atoms with E-state index in [9.17, 15) is 4.79 Å². The molecule has 0 spiro atoms. The number of carbonyl (C=O) groups is 1. The normalized spacial score (nSPS) is 10.2. The second kappa shape index (κ2) is 11.0. The fourth-order valence-corrected chi connectivity index (χ4v) is 1.73. The number of urea groups is 1. The van der Waals surface area contributed by atoms with Gasteiger partial charge in [0.15, 0.2) is 0 Å². The number of ether oxygens (including phenoxy) is 2. The van der Waals surface area contributed by atoms with Gasteiger partial charge < -0.3 is 20.1 Å². The lowest BCUT2D eigenvalue weighted by Crippen LogP contribution is -2.35. The van der Waals surface area contributed by atoms with Crippen LogP contribution >= 0.6 is 0 Å². The molecular weight excluding hydrogens is 268 g/mol. The SMILES string of the molecule is CCCOc1cccc(CNC(=O)NCCCOCC)c1. The van der Waals surface area contributed by atoms with Gasteiger partial charge in [-0.3, -0.25) is 0 Å². The first kappa shape index (κ1) is 17.3. The summed E-state index contributed by atoms with van der Waals surface area (Å²) in [4.78, 5) is 11.6. The molecule has 0 saturated heterocycles. The van der Waals surface area contributed by atoms with Gasteiger partial charge in [0.1, 0.15) is 5.75 Å². The van der Waals surface area contributed by atoms with Gasteiger partial charge in [-0.1, -0.05) is 19.1 Å². The van der Waals surface area contributed by atoms with Gasteiger partial charge in [0.25, 0.3) is 0 Å². The predicted molar refractivity (Wildman–Crippen MR) is 83.6 cm³/mol. The molecule has 0 aromatic heterocycles. The lowest BCUT2D eigenvalue weighted by atomic mass is 10.2. The van der Waals surface area contributed by atoms with E-state index in [2.05, 4.69) is 17.6 Å². The molecule has 0 atom stereocenters. The molecule has 5 nitrogen and oxygen atoms in total. The quantitative estimate of drug-likeness (QED) is 0.652. The van der Waals surface area contributed by atoms with Gasteiger partial charge >= 0.3 is 6.03 Å². The van der Waals surface area contributed by atoms with Crippen LogP contribution in [0.25, 0.3) is 0 Å². The number of carbonyl (C=O) groups excluding carboxylic acids is 1. The second-order valence-corrected chi connectivity index (χ2v) is 4.66. The standard InChI is InChI=1S/C16H26N2O3/c1-3-10-21-15-8-5-7-14(12-15)13-18-16(19)17-9-6-11-20-4-2/h5,7-8,12H,3-4,6,9-11,13H2,1-2H3,(H2,17,18,19). The maximum Gasteiger partial charge on any atom is 0.315 e. The Labute approximate surface area is 127 Å². The fourth-order valence-electron chi connectivity index (χ4n) is 1.73. The monoisotopic (exact) mass is 294 g/mol. The number of amides is 2. The summed E-state index contributed by atoms with van der Waals surface area (Å²) < 4.78 is 10.8. The van der Waals surface area contributed by atoms with E-state index in [4.69, 9.17) is 9.47 Å². The Bertz CT molecular complexity index is 410. The van der Waals surface area contributed by atoms with Crippen LogP contribution in [0.1, 0.15) is 32.3 Å². The Morgan fingerprint density at radius 1 is 1.19 bits per heavy atom. The molecule has 5 heteroatoms. The van der Waals surface area contributed by atoms with E-state index in [0.717, 1.165) is 24.2 Å². The number of nitrogens with one attached hydrogen (secondary N) is 2. The zero-order valence-corrected chi connectivity index (χ0v) is 13.0. The maximum absolute atomic E-state index is 11.6. The third-order valence-electron chi connectivity index (χ3n) is 2.78. The molecule has 2 N–H and O–H groups in total. The van der Waals surface area contributed by atoms with Crippen molar-refractivity contribution in [3.05, 3.63) is 29.8 Å². The van der Waals surface area contributed by atoms with Crippen LogP contribution in [-0.4, -0.2) is 32.4 Å². The predicted octanol–water partition coefficient (Wildman–Crippen LogP) is 2.70. The van der Waals surface area contributed by atoms with E-state index in [1.54, 1.807) is 0 Å². The van der Waals surface area contributed by atoms with Crippen LogP contribution < -0.4 is 15.4 Å². The molecule has 2 amide bonds. The summed E-state index contributed by atoms with van der Waals surface area (Å²) in [5.74, 6) is 0.841. The van der Waals surface area contributed by atoms with E-state index in [0.29, 0.717) is 32.9 Å². The molecule has 0 heterocycles. The minimum atomic E-state index is -0.161. The van der Waals surface area contributed by atoms with Crippen LogP contribution in [0.2, 0.25) is 0 Å². The van der Waals surface area contributed by atoms with Crippen molar-refractivity contribution in [3.8, 4) is 5.75 Å². The van der Waals surface area contributed by atoms with Crippen LogP contribution in [0.15, 0.2) is 24.3 Å². The molecule has 1 rings (SSSR count). The summed E-state index contributed by atoms with van der Waals surface area (Å²) in [6.07, 6.45) is 1.80. The number of rotatable bonds is 10. The zero-order valence-electron chi connectivity index (χ0n) is 13.0. The van der Waals surface area contributed by atoms with Crippen LogP contribution in [-0.2, 0) is 11.3 Å². The molecule has 21 heavy (non-hydrogen) atoms. The topological polar surface area (TPSA) is 59.6 Å². The van der Waals surface area contributed by atoms with Gasteiger partial charge in [0.05, 0.1) is 6.61 Å². The van der Waals surface area contributed by atoms with Crippen molar-refractivity contribution in [1.29, 1.82) is 0 Å². The Hall–Kier alpha value is -1.75. The highest BCUT2D eigenvalue weighted by atomic mass is 16.5. The van der Waals surface area contributed by atoms with Gasteiger partial charge in [-0.25, -0.2) is 4.79 Å². The lowest BCUT2D eigenvalue weighted by molar-refractivity contribution is 0.145. The van der Waals surface area contributed by atoms with Crippen LogP contribution in [0, 0.1) is 0 Å². The van der Waals surface area contributed by atoms with Crippen LogP contribution in [0.5, 0.6) is 5.75 Å². The molecule has 0 bridgehead atoms. The molecule has 1 aromatic carbocycles. The van der Waals surface area contributed by atoms with Crippen molar-refractivity contribution in [1.82, 2.24) is 10.6 Å². The van der Waals surface area contributed by atoms with E-state index >= 15 is 0 Å². The van der Waals surface area contributed by atoms with Gasteiger partial charge in [0, 0.05) is 26.3 Å². The molecule has 1 aromatic rings. The number of benzene rings is 1. The van der Waals surface area contributed by atoms with E-state index in [-0.39, 0.29) is 6.03 Å². The third kappa shape index (κ3) is 8.19. The van der Waals surface area contributed by atoms with Gasteiger partial charge in [-0.15, -0.1) is 0 Å². The Morgan fingerprint density at radius 2 is 2.05 bits per heavy atom. The first-order valence-electron chi connectivity index (χ1n) is 7.57. The summed E-state index contributed by atoms with van der Waals surface area (Å²) in [5, 5.41) is 5.63. The van der Waals surface area contributed by atoms with Crippen molar-refractivity contribution in [2.75, 3.05) is 26.4 Å². The first-order valence-corrected chi connectivity index (χ1v) is 7.57. The summed E-state index contributed by atoms with van der Waals surface area (Å²) in [5.41, 5.74) is 1.02. The Balaban J connectivity index is 2.22. The van der Waals surface area contributed by atoms with E-state index in [1.165, 1.54) is 0 Å². The summed E-state index contributed by atoms with van der Waals surface area (Å²) in [6.45, 7) is 7.22. The van der Waals surface area contributed by atoms with Crippen molar-refractivity contribution in [3.63, 3.8) is 0 Å². The highest BCUT2D eigenvalue weighted by molar-refractivity contribution is 5.73. The van der Waals surface area contributed by atoms with Crippen molar-refractivity contribution < 1.29 is 14.3 Å². The largest absolute Gasteiger partial charge is 0.494 e. The highest BCUT2D eigenvalue weighted by Gasteiger charge is 2.01. The molecule has 0 saturated carbocycles. The summed E-state index contributed by atoms with van der Waals surface area (Å²) in [6, 6.07) is 7.61. The molecule has 0 fully saturated rings. The van der Waals surface area contributed by atoms with Crippen LogP contribution in [0.3, 0.4) is 0 Å². The number of hydrogen-bond acceptors (Lipinski definition) is 3. The second-order valence-electron chi connectivity index (χ2n) is 4.66. The molecule has 0 unspecified atom stereocenters. The smallest absolute Gasteiger partial charge is 0.315 e. The third-order valence-corrected chi connectivity index (χ3v) is 2.78. The molecule has 0 radical (unpaired) electrons. The minimum absolute atomic E-state index is 0.161. The summed E-state index contributed by atoms with van der Waals surface area (Å²) in [7, 11) is 0. The van der Waals surface area contributed by atoms with Gasteiger partial charge in [0.2, 0.25) is 0 Å². The average Bonchev–Trinajstić information content (AvgIpc) is 2.51. The van der Waals surface area contributed by atoms with Crippen molar-refractivity contribution >= 4 is 6.03 Å². The van der Waals surface area contributed by atoms with E-state index < -0.39 is 0 Å². The Morgan fingerprint density at radius 3 is 2.81 bits per heavy atom. The van der Waals surface area contributed by atoms with Gasteiger partial charge in [-0.05, 0) is 37.5 Å². The van der Waals surface area contributed by atoms with Crippen molar-refractivity contribution in [2.45, 2.75) is 33.2 Å². The Kier molecular flexibility index (Phi) is 9.04. The maximum atomic E-state index is 11.6. The average molecular weight is 294 g/mol. The number of hydrogen-bond donors (Lipinski definition) is 2. The summed E-state index contributed by atoms with van der Waals surface area (Å²) >= 11 is 0. The minimum Gasteiger partial charge on any atom is -0.494 e. The molecule has 0 aliphatic rings. The molecule has 118 valence electrons. The van der Waals surface area contributed by atoms with Crippen molar-refractivity contribution in [2.24, 2.45) is 0 Å². The van der Waals surface area contributed by atoms with Gasteiger partial charge in [-0.2, -0.15) is 0 Å². The van der Waals surface area contributed by atoms with E-state index in [1.807, 2.05) is 31.2 Å². The highest BCUT2D eigenvalue weighted by Crippen LogP contribution is 2.13. The first-order chi connectivity index (χ1) is 10.3. The van der Waals surface area contributed by atoms with Crippen LogP contribution in [0.4, 0.5) is 4.79 Å².